The van der Waals surface area contributed by atoms with Gasteiger partial charge in [-0.05, 0) is 6.92 Å². The van der Waals surface area contributed by atoms with Gasteiger partial charge in [0.1, 0.15) is 11.4 Å². The van der Waals surface area contributed by atoms with E-state index in [0.717, 1.165) is 5.56 Å². The van der Waals surface area contributed by atoms with Crippen molar-refractivity contribution in [3.63, 3.8) is 0 Å². The third kappa shape index (κ3) is 1.47. The minimum Gasteiger partial charge on any atom is -0.342 e. The average molecular weight is 218 g/mol. The zero-order valence-electron chi connectivity index (χ0n) is 9.18. The van der Waals surface area contributed by atoms with Crippen molar-refractivity contribution < 1.29 is 14.3 Å². The molecule has 1 heterocycles. The smallest absolute Gasteiger partial charge is 0.185 e. The molecule has 2 aliphatic rings. The van der Waals surface area contributed by atoms with Crippen LogP contribution in [-0.2, 0) is 14.3 Å². The van der Waals surface area contributed by atoms with E-state index in [4.69, 9.17) is 9.47 Å². The lowest BCUT2D eigenvalue weighted by atomic mass is 10.0. The Hall–Kier alpha value is -1.19. The van der Waals surface area contributed by atoms with E-state index in [2.05, 4.69) is 0 Å². The van der Waals surface area contributed by atoms with Crippen molar-refractivity contribution in [2.24, 2.45) is 0 Å². The SMILES string of the molecule is CC12CC(=O)C[C@@H]1OC(c1ccccc1)O2. The largest absolute Gasteiger partial charge is 0.342 e. The van der Waals surface area contributed by atoms with E-state index < -0.39 is 5.60 Å². The molecule has 1 aromatic carbocycles. The molecule has 2 unspecified atom stereocenters. The van der Waals surface area contributed by atoms with Crippen LogP contribution in [0.3, 0.4) is 0 Å². The lowest BCUT2D eigenvalue weighted by molar-refractivity contribution is -0.128. The van der Waals surface area contributed by atoms with Crippen LogP contribution in [0.25, 0.3) is 0 Å². The maximum Gasteiger partial charge on any atom is 0.185 e. The number of carbonyl (C=O) groups excluding carboxylic acids is 1. The molecule has 16 heavy (non-hydrogen) atoms. The minimum atomic E-state index is -0.419. The Bertz CT molecular complexity index is 414. The summed E-state index contributed by atoms with van der Waals surface area (Å²) in [6.07, 6.45) is 0.565. The van der Waals surface area contributed by atoms with Crippen molar-refractivity contribution >= 4 is 5.78 Å². The quantitative estimate of drug-likeness (QED) is 0.725. The standard InChI is InChI=1S/C13H14O3/c1-13-8-10(14)7-11(13)15-12(16-13)9-5-3-2-4-6-9/h2-6,11-12H,7-8H2,1H3/t11-,12?,13?/m0/s1. The number of ketones is 1. The molecular formula is C13H14O3. The van der Waals surface area contributed by atoms with Crippen molar-refractivity contribution in [2.45, 2.75) is 37.8 Å². The third-order valence-corrected chi connectivity index (χ3v) is 3.38. The number of hydrogen-bond donors (Lipinski definition) is 0. The molecule has 3 rings (SSSR count). The number of carbonyl (C=O) groups is 1. The topological polar surface area (TPSA) is 35.5 Å². The van der Waals surface area contributed by atoms with Crippen molar-refractivity contribution in [2.75, 3.05) is 0 Å². The lowest BCUT2D eigenvalue weighted by Crippen LogP contribution is -2.30. The summed E-state index contributed by atoms with van der Waals surface area (Å²) in [4.78, 5) is 11.3. The van der Waals surface area contributed by atoms with Crippen LogP contribution in [0, 0.1) is 0 Å². The van der Waals surface area contributed by atoms with Gasteiger partial charge in [-0.1, -0.05) is 30.3 Å². The molecular weight excluding hydrogens is 204 g/mol. The molecule has 1 saturated heterocycles. The average Bonchev–Trinajstić information content (AvgIpc) is 2.70. The van der Waals surface area contributed by atoms with Crippen molar-refractivity contribution in [3.8, 4) is 0 Å². The maximum absolute atomic E-state index is 11.3. The highest BCUT2D eigenvalue weighted by molar-refractivity contribution is 5.83. The Morgan fingerprint density at radius 1 is 1.31 bits per heavy atom. The van der Waals surface area contributed by atoms with Crippen molar-refractivity contribution in [1.82, 2.24) is 0 Å². The van der Waals surface area contributed by atoms with Crippen molar-refractivity contribution in [3.05, 3.63) is 35.9 Å². The first-order valence-corrected chi connectivity index (χ1v) is 5.57. The van der Waals surface area contributed by atoms with Gasteiger partial charge in [-0.2, -0.15) is 0 Å². The number of fused-ring (bicyclic) bond motifs is 1. The highest BCUT2D eigenvalue weighted by atomic mass is 16.7. The van der Waals surface area contributed by atoms with Crippen molar-refractivity contribution in [1.29, 1.82) is 0 Å². The summed E-state index contributed by atoms with van der Waals surface area (Å²) in [5.41, 5.74) is 0.600. The Labute approximate surface area is 94.4 Å². The molecule has 0 radical (unpaired) electrons. The van der Waals surface area contributed by atoms with Gasteiger partial charge in [-0.15, -0.1) is 0 Å². The van der Waals surface area contributed by atoms with Crippen LogP contribution < -0.4 is 0 Å². The molecule has 0 spiro atoms. The maximum atomic E-state index is 11.3. The molecule has 3 atom stereocenters. The monoisotopic (exact) mass is 218 g/mol. The predicted molar refractivity (Wildman–Crippen MR) is 57.8 cm³/mol. The van der Waals surface area contributed by atoms with Gasteiger partial charge in [0.25, 0.3) is 0 Å². The lowest BCUT2D eigenvalue weighted by Gasteiger charge is -2.19. The van der Waals surface area contributed by atoms with E-state index >= 15 is 0 Å². The number of ether oxygens (including phenoxy) is 2. The van der Waals surface area contributed by atoms with Gasteiger partial charge in [0, 0.05) is 18.4 Å². The van der Waals surface area contributed by atoms with Crippen LogP contribution >= 0.6 is 0 Å². The Balaban J connectivity index is 1.83. The highest BCUT2D eigenvalue weighted by Crippen LogP contribution is 2.45. The number of rotatable bonds is 1. The van der Waals surface area contributed by atoms with E-state index in [1.807, 2.05) is 37.3 Å². The molecule has 3 heteroatoms. The van der Waals surface area contributed by atoms with Crippen LogP contribution in [0.1, 0.15) is 31.6 Å². The summed E-state index contributed by atoms with van der Waals surface area (Å²) in [6.45, 7) is 1.96. The second-order valence-corrected chi connectivity index (χ2v) is 4.72. The first-order valence-electron chi connectivity index (χ1n) is 5.57. The van der Waals surface area contributed by atoms with E-state index in [1.165, 1.54) is 0 Å². The second kappa shape index (κ2) is 3.40. The molecule has 1 aromatic rings. The highest BCUT2D eigenvalue weighted by Gasteiger charge is 2.52. The van der Waals surface area contributed by atoms with Gasteiger partial charge < -0.3 is 9.47 Å². The zero-order chi connectivity index (χ0) is 11.2. The molecule has 1 aliphatic carbocycles. The zero-order valence-corrected chi connectivity index (χ0v) is 9.18. The Kier molecular flexibility index (Phi) is 2.13. The fourth-order valence-electron chi connectivity index (χ4n) is 2.49. The van der Waals surface area contributed by atoms with Crippen LogP contribution in [0.4, 0.5) is 0 Å². The van der Waals surface area contributed by atoms with Crippen LogP contribution in [0.2, 0.25) is 0 Å². The molecule has 0 amide bonds. The first kappa shape index (κ1) is 10.00. The molecule has 1 aliphatic heterocycles. The molecule has 3 nitrogen and oxygen atoms in total. The van der Waals surface area contributed by atoms with E-state index in [9.17, 15) is 4.79 Å². The van der Waals surface area contributed by atoms with Gasteiger partial charge in [0.05, 0.1) is 6.10 Å². The minimum absolute atomic E-state index is 0.0785. The van der Waals surface area contributed by atoms with Crippen LogP contribution in [0.15, 0.2) is 30.3 Å². The van der Waals surface area contributed by atoms with E-state index in [1.54, 1.807) is 0 Å². The summed E-state index contributed by atoms with van der Waals surface area (Å²) < 4.78 is 11.7. The summed E-state index contributed by atoms with van der Waals surface area (Å²) in [5.74, 6) is 0.235. The Morgan fingerprint density at radius 3 is 2.75 bits per heavy atom. The molecule has 0 bridgehead atoms. The number of hydrogen-bond acceptors (Lipinski definition) is 3. The number of benzene rings is 1. The summed E-state index contributed by atoms with van der Waals surface area (Å²) in [7, 11) is 0. The fourth-order valence-corrected chi connectivity index (χ4v) is 2.49. The molecule has 1 saturated carbocycles. The molecule has 0 aromatic heterocycles. The predicted octanol–water partition coefficient (Wildman–Crippen LogP) is 2.22. The summed E-state index contributed by atoms with van der Waals surface area (Å²) in [6, 6.07) is 9.85. The summed E-state index contributed by atoms with van der Waals surface area (Å²) in [5, 5.41) is 0. The molecule has 0 N–H and O–H groups in total. The fraction of sp³-hybridized carbons (Fsp3) is 0.462. The van der Waals surface area contributed by atoms with E-state index in [0.29, 0.717) is 12.8 Å². The van der Waals surface area contributed by atoms with Gasteiger partial charge in [-0.3, -0.25) is 4.79 Å². The van der Waals surface area contributed by atoms with Crippen LogP contribution in [0.5, 0.6) is 0 Å². The second-order valence-electron chi connectivity index (χ2n) is 4.72. The third-order valence-electron chi connectivity index (χ3n) is 3.38. The van der Waals surface area contributed by atoms with E-state index in [-0.39, 0.29) is 18.2 Å². The molecule has 2 fully saturated rings. The van der Waals surface area contributed by atoms with Gasteiger partial charge >= 0.3 is 0 Å². The summed E-state index contributed by atoms with van der Waals surface area (Å²) >= 11 is 0. The van der Waals surface area contributed by atoms with Gasteiger partial charge in [-0.25, -0.2) is 0 Å². The first-order chi connectivity index (χ1) is 7.67. The normalized spacial score (nSPS) is 37.7. The molecule has 84 valence electrons. The van der Waals surface area contributed by atoms with Gasteiger partial charge in [0.15, 0.2) is 6.29 Å². The van der Waals surface area contributed by atoms with Crippen LogP contribution in [-0.4, -0.2) is 17.5 Å². The number of Topliss-reactive ketones (excluding diaryl/α,β-unsaturated/α-hetero) is 1. The van der Waals surface area contributed by atoms with Gasteiger partial charge in [0.2, 0.25) is 0 Å². The Morgan fingerprint density at radius 2 is 2.06 bits per heavy atom.